The summed E-state index contributed by atoms with van der Waals surface area (Å²) in [5, 5.41) is 2.92. The van der Waals surface area contributed by atoms with Crippen molar-refractivity contribution in [2.75, 3.05) is 37.2 Å². The maximum atomic E-state index is 12.7. The zero-order valence-corrected chi connectivity index (χ0v) is 19.2. The van der Waals surface area contributed by atoms with Gasteiger partial charge in [0.2, 0.25) is 10.0 Å². The molecule has 2 aromatic rings. The van der Waals surface area contributed by atoms with E-state index in [1.165, 1.54) is 0 Å². The molecule has 0 unspecified atom stereocenters. The Morgan fingerprint density at radius 3 is 2.35 bits per heavy atom. The summed E-state index contributed by atoms with van der Waals surface area (Å²) in [7, 11) is -3.13. The predicted molar refractivity (Wildman–Crippen MR) is 123 cm³/mol. The number of rotatable bonds is 8. The van der Waals surface area contributed by atoms with Gasteiger partial charge in [0.1, 0.15) is 5.75 Å². The van der Waals surface area contributed by atoms with E-state index in [1.54, 1.807) is 17.3 Å². The Hall–Kier alpha value is -2.42. The second kappa shape index (κ2) is 10.3. The Morgan fingerprint density at radius 2 is 1.74 bits per heavy atom. The fourth-order valence-corrected chi connectivity index (χ4v) is 4.59. The van der Waals surface area contributed by atoms with Gasteiger partial charge < -0.3 is 10.1 Å². The van der Waals surface area contributed by atoms with Crippen LogP contribution in [0, 0.1) is 0 Å². The summed E-state index contributed by atoms with van der Waals surface area (Å²) in [5.74, 6) is 0.734. The number of hydrogen-bond donors (Lipinski definition) is 1. The molecule has 1 N–H and O–H groups in total. The quantitative estimate of drug-likeness (QED) is 0.675. The topological polar surface area (TPSA) is 79.0 Å². The Labute approximate surface area is 185 Å². The summed E-state index contributed by atoms with van der Waals surface area (Å²) in [6.45, 7) is 8.67. The summed E-state index contributed by atoms with van der Waals surface area (Å²) < 4.78 is 31.2. The van der Waals surface area contributed by atoms with E-state index < -0.39 is 10.0 Å². The molecule has 0 saturated carbocycles. The average Bonchev–Trinajstić information content (AvgIpc) is 2.75. The molecule has 0 atom stereocenters. The van der Waals surface area contributed by atoms with Gasteiger partial charge in [-0.25, -0.2) is 8.42 Å². The van der Waals surface area contributed by atoms with Gasteiger partial charge in [-0.15, -0.1) is 0 Å². The Balaban J connectivity index is 1.57. The van der Waals surface area contributed by atoms with Crippen LogP contribution in [0.5, 0.6) is 5.75 Å². The molecule has 2 aromatic carbocycles. The van der Waals surface area contributed by atoms with Gasteiger partial charge in [0.05, 0.1) is 11.9 Å². The number of ether oxygens (including phenoxy) is 1. The molecule has 1 aliphatic rings. The minimum Gasteiger partial charge on any atom is -0.491 e. The predicted octanol–water partition coefficient (Wildman–Crippen LogP) is 3.19. The summed E-state index contributed by atoms with van der Waals surface area (Å²) in [4.78, 5) is 14.9. The Kier molecular flexibility index (Phi) is 7.69. The molecule has 31 heavy (non-hydrogen) atoms. The van der Waals surface area contributed by atoms with E-state index in [-0.39, 0.29) is 17.8 Å². The lowest BCUT2D eigenvalue weighted by molar-refractivity contribution is 0.102. The van der Waals surface area contributed by atoms with Gasteiger partial charge in [-0.3, -0.25) is 9.69 Å². The van der Waals surface area contributed by atoms with Crippen LogP contribution in [-0.2, 0) is 16.6 Å². The second-order valence-corrected chi connectivity index (χ2v) is 10.2. The largest absolute Gasteiger partial charge is 0.491 e. The van der Waals surface area contributed by atoms with Gasteiger partial charge in [0.25, 0.3) is 5.91 Å². The van der Waals surface area contributed by atoms with Crippen LogP contribution in [0.25, 0.3) is 0 Å². The number of amides is 1. The molecule has 0 radical (unpaired) electrons. The van der Waals surface area contributed by atoms with Gasteiger partial charge >= 0.3 is 0 Å². The highest BCUT2D eigenvalue weighted by atomic mass is 32.2. The van der Waals surface area contributed by atoms with Gasteiger partial charge in [-0.05, 0) is 62.7 Å². The van der Waals surface area contributed by atoms with Crippen molar-refractivity contribution >= 4 is 21.6 Å². The molecule has 0 spiro atoms. The van der Waals surface area contributed by atoms with Crippen LogP contribution < -0.4 is 10.1 Å². The molecule has 3 rings (SSSR count). The van der Waals surface area contributed by atoms with Crippen LogP contribution in [0.4, 0.5) is 5.69 Å². The Bertz CT molecular complexity index is 982. The Morgan fingerprint density at radius 1 is 1.06 bits per heavy atom. The number of carbonyl (C=O) groups is 1. The molecule has 7 nitrogen and oxygen atoms in total. The monoisotopic (exact) mass is 445 g/mol. The van der Waals surface area contributed by atoms with Crippen LogP contribution >= 0.6 is 0 Å². The van der Waals surface area contributed by atoms with Gasteiger partial charge in [-0.2, -0.15) is 4.31 Å². The standard InChI is InChI=1S/C23H31N3O4S/c1-4-31(28,29)26-14-12-25(13-15-26)17-19-6-5-7-20(16-19)23(27)24-21-8-10-22(11-9-21)30-18(2)3/h5-11,16,18H,4,12-15,17H2,1-3H3,(H,24,27). The third kappa shape index (κ3) is 6.53. The van der Waals surface area contributed by atoms with Gasteiger partial charge in [0, 0.05) is 44.0 Å². The summed E-state index contributed by atoms with van der Waals surface area (Å²) >= 11 is 0. The molecule has 0 aromatic heterocycles. The van der Waals surface area contributed by atoms with E-state index in [9.17, 15) is 13.2 Å². The first kappa shape index (κ1) is 23.2. The van der Waals surface area contributed by atoms with Crippen molar-refractivity contribution in [1.82, 2.24) is 9.21 Å². The molecule has 1 amide bonds. The number of hydrogen-bond acceptors (Lipinski definition) is 5. The van der Waals surface area contributed by atoms with Crippen LogP contribution in [-0.4, -0.2) is 61.6 Å². The van der Waals surface area contributed by atoms with Crippen molar-refractivity contribution in [1.29, 1.82) is 0 Å². The smallest absolute Gasteiger partial charge is 0.255 e. The molecule has 8 heteroatoms. The van der Waals surface area contributed by atoms with Crippen molar-refractivity contribution in [2.45, 2.75) is 33.4 Å². The lowest BCUT2D eigenvalue weighted by Crippen LogP contribution is -2.48. The highest BCUT2D eigenvalue weighted by Gasteiger charge is 2.25. The highest BCUT2D eigenvalue weighted by molar-refractivity contribution is 7.89. The lowest BCUT2D eigenvalue weighted by Gasteiger charge is -2.33. The van der Waals surface area contributed by atoms with Crippen LogP contribution in [0.2, 0.25) is 0 Å². The van der Waals surface area contributed by atoms with Crippen LogP contribution in [0.3, 0.4) is 0 Å². The van der Waals surface area contributed by atoms with E-state index in [1.807, 2.05) is 56.3 Å². The molecule has 1 saturated heterocycles. The SMILES string of the molecule is CCS(=O)(=O)N1CCN(Cc2cccc(C(=O)Nc3ccc(OC(C)C)cc3)c2)CC1. The number of sulfonamides is 1. The van der Waals surface area contributed by atoms with Crippen molar-refractivity contribution in [3.05, 3.63) is 59.7 Å². The summed E-state index contributed by atoms with van der Waals surface area (Å²) in [5.41, 5.74) is 2.33. The van der Waals surface area contributed by atoms with E-state index in [0.29, 0.717) is 44.0 Å². The number of benzene rings is 2. The molecule has 1 heterocycles. The van der Waals surface area contributed by atoms with Crippen LogP contribution in [0.1, 0.15) is 36.7 Å². The minimum atomic E-state index is -3.13. The van der Waals surface area contributed by atoms with E-state index in [2.05, 4.69) is 10.2 Å². The van der Waals surface area contributed by atoms with Crippen molar-refractivity contribution in [2.24, 2.45) is 0 Å². The highest BCUT2D eigenvalue weighted by Crippen LogP contribution is 2.18. The first-order chi connectivity index (χ1) is 14.8. The maximum absolute atomic E-state index is 12.7. The first-order valence-corrected chi connectivity index (χ1v) is 12.2. The van der Waals surface area contributed by atoms with Gasteiger partial charge in [-0.1, -0.05) is 12.1 Å². The first-order valence-electron chi connectivity index (χ1n) is 10.6. The third-order valence-electron chi connectivity index (χ3n) is 5.17. The number of anilines is 1. The van der Waals surface area contributed by atoms with Crippen molar-refractivity contribution < 1.29 is 17.9 Å². The molecule has 1 aliphatic heterocycles. The number of carbonyl (C=O) groups excluding carboxylic acids is 1. The molecular weight excluding hydrogens is 414 g/mol. The van der Waals surface area contributed by atoms with E-state index in [4.69, 9.17) is 4.74 Å². The van der Waals surface area contributed by atoms with E-state index >= 15 is 0 Å². The molecule has 0 bridgehead atoms. The average molecular weight is 446 g/mol. The maximum Gasteiger partial charge on any atom is 0.255 e. The molecule has 168 valence electrons. The fourth-order valence-electron chi connectivity index (χ4n) is 3.51. The zero-order valence-electron chi connectivity index (χ0n) is 18.4. The number of nitrogens with zero attached hydrogens (tertiary/aromatic N) is 2. The second-order valence-electron chi connectivity index (χ2n) is 7.92. The van der Waals surface area contributed by atoms with Gasteiger partial charge in [0.15, 0.2) is 0 Å². The number of nitrogens with one attached hydrogen (secondary N) is 1. The van der Waals surface area contributed by atoms with Crippen molar-refractivity contribution in [3.8, 4) is 5.75 Å². The fraction of sp³-hybridized carbons (Fsp3) is 0.435. The minimum absolute atomic E-state index is 0.0993. The lowest BCUT2D eigenvalue weighted by atomic mass is 10.1. The normalized spacial score (nSPS) is 15.7. The number of piperazine rings is 1. The summed E-state index contributed by atoms with van der Waals surface area (Å²) in [6, 6.07) is 14.9. The molecular formula is C23H31N3O4S. The summed E-state index contributed by atoms with van der Waals surface area (Å²) in [6.07, 6.45) is 0.0993. The molecule has 1 fully saturated rings. The van der Waals surface area contributed by atoms with Crippen molar-refractivity contribution in [3.63, 3.8) is 0 Å². The third-order valence-corrected chi connectivity index (χ3v) is 7.05. The zero-order chi connectivity index (χ0) is 22.4. The molecule has 0 aliphatic carbocycles. The van der Waals surface area contributed by atoms with Crippen LogP contribution in [0.15, 0.2) is 48.5 Å². The van der Waals surface area contributed by atoms with E-state index in [0.717, 1.165) is 11.3 Å².